The van der Waals surface area contributed by atoms with Gasteiger partial charge in [-0.15, -0.1) is 6.58 Å². The van der Waals surface area contributed by atoms with E-state index in [1.54, 1.807) is 18.2 Å². The van der Waals surface area contributed by atoms with Crippen LogP contribution in [0.15, 0.2) is 36.0 Å². The molecule has 146 valence electrons. The minimum Gasteiger partial charge on any atom is -0.309 e. The number of piperidine rings is 1. The second-order valence-corrected chi connectivity index (χ2v) is 9.76. The number of sulfonamides is 1. The summed E-state index contributed by atoms with van der Waals surface area (Å²) in [6.45, 7) is 7.62. The summed E-state index contributed by atoms with van der Waals surface area (Å²) in [5.41, 5.74) is 0.550. The largest absolute Gasteiger partial charge is 0.309 e. The van der Waals surface area contributed by atoms with Gasteiger partial charge in [-0.2, -0.15) is 0 Å². The Bertz CT molecular complexity index is 873. The van der Waals surface area contributed by atoms with E-state index in [0.717, 1.165) is 12.0 Å². The monoisotopic (exact) mass is 454 g/mol. The number of nitrogens with one attached hydrogen (secondary N) is 3. The summed E-state index contributed by atoms with van der Waals surface area (Å²) < 4.78 is 27.3. The molecule has 0 radical (unpaired) electrons. The molecular formula is C18H23BrN4O3S. The number of carbonyl (C=O) groups is 1. The molecule has 1 aromatic rings. The lowest BCUT2D eigenvalue weighted by Gasteiger charge is -2.17. The average molecular weight is 455 g/mol. The summed E-state index contributed by atoms with van der Waals surface area (Å²) >= 11 is 3.30. The highest BCUT2D eigenvalue weighted by Gasteiger charge is 2.61. The number of hydrogen-bond acceptors (Lipinski definition) is 5. The Balaban J connectivity index is 1.58. The molecule has 3 rings (SSSR count). The highest BCUT2D eigenvalue weighted by Crippen LogP contribution is 2.54. The van der Waals surface area contributed by atoms with Gasteiger partial charge in [0.1, 0.15) is 10.4 Å². The second-order valence-electron chi connectivity index (χ2n) is 7.02. The van der Waals surface area contributed by atoms with Gasteiger partial charge in [-0.3, -0.25) is 4.79 Å². The van der Waals surface area contributed by atoms with E-state index in [1.807, 2.05) is 6.07 Å². The molecule has 3 atom stereocenters. The van der Waals surface area contributed by atoms with E-state index in [4.69, 9.17) is 0 Å². The Morgan fingerprint density at radius 1 is 1.41 bits per heavy atom. The fourth-order valence-corrected chi connectivity index (χ4v) is 4.87. The van der Waals surface area contributed by atoms with Crippen molar-refractivity contribution in [2.45, 2.75) is 31.3 Å². The number of allylic oxidation sites excluding steroid dienone is 1. The molecule has 27 heavy (non-hydrogen) atoms. The summed E-state index contributed by atoms with van der Waals surface area (Å²) in [7, 11) is -3.32. The third kappa shape index (κ3) is 4.66. The molecule has 1 aliphatic carbocycles. The van der Waals surface area contributed by atoms with Crippen LogP contribution < -0.4 is 15.4 Å². The van der Waals surface area contributed by atoms with Crippen molar-refractivity contribution < 1.29 is 13.2 Å². The van der Waals surface area contributed by atoms with Crippen molar-refractivity contribution in [3.63, 3.8) is 0 Å². The van der Waals surface area contributed by atoms with Crippen molar-refractivity contribution >= 4 is 43.8 Å². The van der Waals surface area contributed by atoms with Crippen molar-refractivity contribution in [2.75, 3.05) is 17.6 Å². The molecule has 1 aliphatic heterocycles. The molecule has 1 aromatic heterocycles. The first kappa shape index (κ1) is 20.2. The van der Waals surface area contributed by atoms with Crippen LogP contribution >= 0.6 is 15.9 Å². The number of fused-ring (bicyclic) bond motifs is 1. The number of aromatic nitrogens is 1. The van der Waals surface area contributed by atoms with Gasteiger partial charge in [-0.1, -0.05) is 18.7 Å². The van der Waals surface area contributed by atoms with Crippen LogP contribution in [-0.4, -0.2) is 43.7 Å². The fraction of sp³-hybridized carbons (Fsp3) is 0.444. The van der Waals surface area contributed by atoms with E-state index >= 15 is 0 Å². The number of pyridine rings is 1. The lowest BCUT2D eigenvalue weighted by molar-refractivity contribution is -0.118. The molecule has 0 spiro atoms. The summed E-state index contributed by atoms with van der Waals surface area (Å²) in [6, 6.07) is 3.38. The summed E-state index contributed by atoms with van der Waals surface area (Å²) in [5.74, 6) is 0.309. The third-order valence-corrected chi connectivity index (χ3v) is 6.91. The maximum Gasteiger partial charge on any atom is 0.242 e. The predicted molar refractivity (Wildman–Crippen MR) is 110 cm³/mol. The molecule has 1 saturated carbocycles. The molecule has 3 N–H and O–H groups in total. The van der Waals surface area contributed by atoms with Gasteiger partial charge in [-0.25, -0.2) is 18.1 Å². The summed E-state index contributed by atoms with van der Waals surface area (Å²) in [5, 5.41) is 6.13. The number of hydrogen-bond donors (Lipinski definition) is 3. The van der Waals surface area contributed by atoms with Crippen molar-refractivity contribution in [1.29, 1.82) is 0 Å². The molecule has 1 amide bonds. The van der Waals surface area contributed by atoms with Crippen LogP contribution in [0.4, 0.5) is 5.82 Å². The molecule has 9 heteroatoms. The van der Waals surface area contributed by atoms with Gasteiger partial charge in [0.05, 0.1) is 11.8 Å². The molecule has 2 aliphatic rings. The van der Waals surface area contributed by atoms with Crippen LogP contribution in [-0.2, 0) is 14.8 Å². The number of rotatable bonds is 9. The van der Waals surface area contributed by atoms with Gasteiger partial charge in [0.25, 0.3) is 0 Å². The van der Waals surface area contributed by atoms with E-state index in [-0.39, 0.29) is 29.2 Å². The molecule has 7 nitrogen and oxygen atoms in total. The van der Waals surface area contributed by atoms with Crippen LogP contribution in [0.1, 0.15) is 24.8 Å². The summed E-state index contributed by atoms with van der Waals surface area (Å²) in [6.07, 6.45) is 5.09. The maximum absolute atomic E-state index is 12.6. The maximum atomic E-state index is 12.6. The Morgan fingerprint density at radius 3 is 2.89 bits per heavy atom. The van der Waals surface area contributed by atoms with Gasteiger partial charge < -0.3 is 10.6 Å². The minimum absolute atomic E-state index is 0.0352. The lowest BCUT2D eigenvalue weighted by atomic mass is 9.99. The molecular weight excluding hydrogens is 432 g/mol. The zero-order valence-corrected chi connectivity index (χ0v) is 17.3. The third-order valence-electron chi connectivity index (χ3n) is 5.11. The number of carbonyl (C=O) groups excluding carboxylic acids is 1. The number of halogens is 1. The number of anilines is 1. The smallest absolute Gasteiger partial charge is 0.242 e. The lowest BCUT2D eigenvalue weighted by Crippen LogP contribution is -2.38. The standard InChI is InChI=1S/C18H23BrN4O3S/c1-3-5-8-27(25,26)20-11-18-9-13(21-14(18)10-18)17(24)23-16-12(4-2)6-7-15(19)22-16/h3-4,6-7,13-14,20-21H,1-2,5,8-11H2,(H,22,23,24)/t13-,14+,18-/m0/s1. The van der Waals surface area contributed by atoms with Crippen LogP contribution in [0.25, 0.3) is 6.08 Å². The first-order valence-electron chi connectivity index (χ1n) is 8.73. The molecule has 1 saturated heterocycles. The van der Waals surface area contributed by atoms with E-state index < -0.39 is 10.0 Å². The fourth-order valence-electron chi connectivity index (χ4n) is 3.43. The molecule has 0 bridgehead atoms. The van der Waals surface area contributed by atoms with Crippen molar-refractivity contribution in [1.82, 2.24) is 15.0 Å². The minimum atomic E-state index is -3.32. The van der Waals surface area contributed by atoms with Crippen LogP contribution in [0.3, 0.4) is 0 Å². The Morgan fingerprint density at radius 2 is 2.19 bits per heavy atom. The van der Waals surface area contributed by atoms with Crippen molar-refractivity contribution in [2.24, 2.45) is 5.41 Å². The highest BCUT2D eigenvalue weighted by molar-refractivity contribution is 9.10. The first-order chi connectivity index (χ1) is 12.8. The first-order valence-corrected chi connectivity index (χ1v) is 11.2. The number of amides is 1. The highest BCUT2D eigenvalue weighted by atomic mass is 79.9. The average Bonchev–Trinajstić information content (AvgIpc) is 3.19. The van der Waals surface area contributed by atoms with Crippen LogP contribution in [0.2, 0.25) is 0 Å². The van der Waals surface area contributed by atoms with E-state index in [0.29, 0.717) is 29.8 Å². The van der Waals surface area contributed by atoms with E-state index in [1.165, 1.54) is 0 Å². The Labute approximate surface area is 167 Å². The topological polar surface area (TPSA) is 100 Å². The Kier molecular flexibility index (Phi) is 5.85. The van der Waals surface area contributed by atoms with Crippen molar-refractivity contribution in [3.8, 4) is 0 Å². The zero-order valence-electron chi connectivity index (χ0n) is 14.9. The zero-order chi connectivity index (χ0) is 19.7. The van der Waals surface area contributed by atoms with Crippen LogP contribution in [0.5, 0.6) is 0 Å². The molecule has 0 unspecified atom stereocenters. The van der Waals surface area contributed by atoms with Gasteiger partial charge in [0, 0.05) is 23.6 Å². The van der Waals surface area contributed by atoms with Gasteiger partial charge in [-0.05, 0) is 47.3 Å². The normalized spacial score (nSPS) is 26.3. The number of nitrogens with zero attached hydrogens (tertiary/aromatic N) is 1. The van der Waals surface area contributed by atoms with Gasteiger partial charge in [0.2, 0.25) is 15.9 Å². The summed E-state index contributed by atoms with van der Waals surface area (Å²) in [4.78, 5) is 16.9. The Hall–Kier alpha value is -1.55. The molecule has 0 aromatic carbocycles. The van der Waals surface area contributed by atoms with Crippen molar-refractivity contribution in [3.05, 3.63) is 41.5 Å². The van der Waals surface area contributed by atoms with Crippen LogP contribution in [0, 0.1) is 5.41 Å². The SMILES string of the molecule is C=CCCS(=O)(=O)NC[C@@]12C[C@@H](C(=O)Nc3nc(Br)ccc3C=C)N[C@@H]1C2. The van der Waals surface area contributed by atoms with E-state index in [9.17, 15) is 13.2 Å². The van der Waals surface area contributed by atoms with Gasteiger partial charge >= 0.3 is 0 Å². The quantitative estimate of drug-likeness (QED) is 0.391. The predicted octanol–water partition coefficient (Wildman–Crippen LogP) is 2.04. The molecule has 2 heterocycles. The second kappa shape index (κ2) is 7.83. The van der Waals surface area contributed by atoms with E-state index in [2.05, 4.69) is 49.4 Å². The molecule has 2 fully saturated rings. The van der Waals surface area contributed by atoms with Gasteiger partial charge in [0.15, 0.2) is 0 Å².